The predicted molar refractivity (Wildman–Crippen MR) is 45.2 cm³/mol. The van der Waals surface area contributed by atoms with E-state index in [0.29, 0.717) is 12.1 Å². The summed E-state index contributed by atoms with van der Waals surface area (Å²) in [6, 6.07) is 7.10. The Morgan fingerprint density at radius 3 is 2.50 bits per heavy atom. The van der Waals surface area contributed by atoms with Gasteiger partial charge in [-0.3, -0.25) is 0 Å². The van der Waals surface area contributed by atoms with Gasteiger partial charge in [-0.25, -0.2) is 0 Å². The maximum Gasteiger partial charge on any atom is 0.119 e. The standard InChI is InChI=1S/C9H11NO.Mn/c1-7(10)6-8-4-2-3-5-9(8)11;/h2-5,10-11H,6H2,1H3;. The Labute approximate surface area is 82.6 Å². The van der Waals surface area contributed by atoms with Gasteiger partial charge in [0.15, 0.2) is 0 Å². The van der Waals surface area contributed by atoms with Crippen molar-refractivity contribution in [3.05, 3.63) is 29.8 Å². The number of hydrogen-bond acceptors (Lipinski definition) is 2. The van der Waals surface area contributed by atoms with Crippen molar-refractivity contribution in [1.29, 1.82) is 5.41 Å². The minimum absolute atomic E-state index is 0. The van der Waals surface area contributed by atoms with Crippen molar-refractivity contribution in [2.24, 2.45) is 0 Å². The fourth-order valence-corrected chi connectivity index (χ4v) is 0.946. The number of para-hydroxylation sites is 1. The molecule has 2 nitrogen and oxygen atoms in total. The molecule has 0 unspecified atom stereocenters. The van der Waals surface area contributed by atoms with Crippen molar-refractivity contribution in [1.82, 2.24) is 0 Å². The summed E-state index contributed by atoms with van der Waals surface area (Å²) in [5.74, 6) is 0.277. The minimum atomic E-state index is 0. The Kier molecular flexibility index (Phi) is 4.64. The molecule has 0 aliphatic heterocycles. The van der Waals surface area contributed by atoms with Crippen molar-refractivity contribution < 1.29 is 22.2 Å². The molecule has 0 fully saturated rings. The number of rotatable bonds is 2. The number of phenolic OH excluding ortho intramolecular Hbond substituents is 1. The first-order chi connectivity index (χ1) is 5.20. The monoisotopic (exact) mass is 204 g/mol. The molecule has 1 aromatic rings. The Morgan fingerprint density at radius 2 is 2.00 bits per heavy atom. The van der Waals surface area contributed by atoms with E-state index < -0.39 is 0 Å². The van der Waals surface area contributed by atoms with Gasteiger partial charge in [-0.15, -0.1) is 0 Å². The van der Waals surface area contributed by atoms with E-state index in [9.17, 15) is 5.11 Å². The van der Waals surface area contributed by atoms with Crippen molar-refractivity contribution in [3.8, 4) is 5.75 Å². The van der Waals surface area contributed by atoms with E-state index in [-0.39, 0.29) is 22.8 Å². The number of benzene rings is 1. The number of phenols is 1. The van der Waals surface area contributed by atoms with Gasteiger partial charge in [0.25, 0.3) is 0 Å². The molecule has 65 valence electrons. The predicted octanol–water partition coefficient (Wildman–Crippen LogP) is 1.97. The molecule has 12 heavy (non-hydrogen) atoms. The van der Waals surface area contributed by atoms with Crippen molar-refractivity contribution in [3.63, 3.8) is 0 Å². The molecule has 3 heteroatoms. The van der Waals surface area contributed by atoms with Gasteiger partial charge < -0.3 is 10.5 Å². The third kappa shape index (κ3) is 3.07. The van der Waals surface area contributed by atoms with E-state index in [2.05, 4.69) is 0 Å². The van der Waals surface area contributed by atoms with Crippen LogP contribution < -0.4 is 0 Å². The summed E-state index contributed by atoms with van der Waals surface area (Å²) < 4.78 is 0. The molecule has 0 saturated carbocycles. The maximum atomic E-state index is 9.26. The van der Waals surface area contributed by atoms with E-state index >= 15 is 0 Å². The molecule has 0 aromatic heterocycles. The summed E-state index contributed by atoms with van der Waals surface area (Å²) >= 11 is 0. The topological polar surface area (TPSA) is 44.1 Å². The smallest absolute Gasteiger partial charge is 0.119 e. The Hall–Kier alpha value is -0.791. The van der Waals surface area contributed by atoms with Crippen LogP contribution in [0.2, 0.25) is 0 Å². The molecule has 0 aliphatic carbocycles. The Morgan fingerprint density at radius 1 is 1.42 bits per heavy atom. The first-order valence-corrected chi connectivity index (χ1v) is 3.51. The second-order valence-corrected chi connectivity index (χ2v) is 2.59. The third-order valence-corrected chi connectivity index (χ3v) is 1.45. The maximum absolute atomic E-state index is 9.26. The zero-order chi connectivity index (χ0) is 8.27. The van der Waals surface area contributed by atoms with Gasteiger partial charge in [0.2, 0.25) is 0 Å². The van der Waals surface area contributed by atoms with E-state index in [1.807, 2.05) is 12.1 Å². The second-order valence-electron chi connectivity index (χ2n) is 2.59. The Bertz CT molecular complexity index is 273. The molecule has 0 amide bonds. The van der Waals surface area contributed by atoms with Crippen molar-refractivity contribution in [2.45, 2.75) is 13.3 Å². The van der Waals surface area contributed by atoms with Crippen LogP contribution in [0.3, 0.4) is 0 Å². The number of nitrogens with one attached hydrogen (secondary N) is 1. The van der Waals surface area contributed by atoms with Crippen LogP contribution in [0.1, 0.15) is 12.5 Å². The van der Waals surface area contributed by atoms with Gasteiger partial charge >= 0.3 is 0 Å². The molecule has 0 aliphatic rings. The third-order valence-electron chi connectivity index (χ3n) is 1.45. The Balaban J connectivity index is 0.00000121. The van der Waals surface area contributed by atoms with Crippen LogP contribution in [0.5, 0.6) is 5.75 Å². The molecule has 1 radical (unpaired) electrons. The quantitative estimate of drug-likeness (QED) is 0.561. The summed E-state index contributed by atoms with van der Waals surface area (Å²) in [5, 5.41) is 16.5. The SMILES string of the molecule is CC(=N)Cc1ccccc1O.[Mn]. The number of hydrogen-bond donors (Lipinski definition) is 2. The molecular weight excluding hydrogens is 193 g/mol. The summed E-state index contributed by atoms with van der Waals surface area (Å²) in [6.45, 7) is 1.73. The first kappa shape index (κ1) is 11.2. The summed E-state index contributed by atoms with van der Waals surface area (Å²) in [4.78, 5) is 0. The summed E-state index contributed by atoms with van der Waals surface area (Å²) in [7, 11) is 0. The minimum Gasteiger partial charge on any atom is -0.508 e. The zero-order valence-corrected chi connectivity index (χ0v) is 8.02. The van der Waals surface area contributed by atoms with Crippen LogP contribution in [-0.2, 0) is 23.5 Å². The van der Waals surface area contributed by atoms with E-state index in [4.69, 9.17) is 5.41 Å². The van der Waals surface area contributed by atoms with Gasteiger partial charge in [-0.05, 0) is 18.6 Å². The molecule has 0 bridgehead atoms. The van der Waals surface area contributed by atoms with Crippen LogP contribution in [0, 0.1) is 5.41 Å². The van der Waals surface area contributed by atoms with Gasteiger partial charge in [-0.1, -0.05) is 18.2 Å². The summed E-state index contributed by atoms with van der Waals surface area (Å²) in [6.07, 6.45) is 0.534. The van der Waals surface area contributed by atoms with Gasteiger partial charge in [-0.2, -0.15) is 0 Å². The molecule has 0 atom stereocenters. The van der Waals surface area contributed by atoms with Crippen LogP contribution >= 0.6 is 0 Å². The number of aromatic hydroxyl groups is 1. The molecular formula is C9H11MnNO. The van der Waals surface area contributed by atoms with Crippen LogP contribution in [0.15, 0.2) is 24.3 Å². The van der Waals surface area contributed by atoms with Crippen molar-refractivity contribution >= 4 is 5.71 Å². The largest absolute Gasteiger partial charge is 0.508 e. The molecule has 1 rings (SSSR count). The van der Waals surface area contributed by atoms with Crippen LogP contribution in [-0.4, -0.2) is 10.8 Å². The van der Waals surface area contributed by atoms with Crippen LogP contribution in [0.4, 0.5) is 0 Å². The molecule has 0 spiro atoms. The fraction of sp³-hybridized carbons (Fsp3) is 0.222. The first-order valence-electron chi connectivity index (χ1n) is 3.51. The van der Waals surface area contributed by atoms with Gasteiger partial charge in [0.05, 0.1) is 0 Å². The van der Waals surface area contributed by atoms with E-state index in [1.54, 1.807) is 19.1 Å². The van der Waals surface area contributed by atoms with Gasteiger partial charge in [0.1, 0.15) is 5.75 Å². The second kappa shape index (κ2) is 4.96. The van der Waals surface area contributed by atoms with E-state index in [1.165, 1.54) is 0 Å². The fourth-order valence-electron chi connectivity index (χ4n) is 0.946. The molecule has 0 saturated heterocycles. The van der Waals surface area contributed by atoms with E-state index in [0.717, 1.165) is 5.56 Å². The normalized spacial score (nSPS) is 8.75. The van der Waals surface area contributed by atoms with Gasteiger partial charge in [0, 0.05) is 29.2 Å². The van der Waals surface area contributed by atoms with Crippen LogP contribution in [0.25, 0.3) is 0 Å². The summed E-state index contributed by atoms with van der Waals surface area (Å²) in [5.41, 5.74) is 1.38. The average Bonchev–Trinajstić information content (AvgIpc) is 1.93. The molecule has 2 N–H and O–H groups in total. The average molecular weight is 204 g/mol. The van der Waals surface area contributed by atoms with Crippen molar-refractivity contribution in [2.75, 3.05) is 0 Å². The molecule has 1 aromatic carbocycles. The zero-order valence-electron chi connectivity index (χ0n) is 6.84. The molecule has 0 heterocycles.